The average Bonchev–Trinajstić information content (AvgIpc) is 0.811. The molecule has 0 amide bonds. The molecule has 0 fully saturated rings. The standard InChI is InChI=1S/3ClH.2Ir/h3*1H;;/q;;;2*+3/p-3. The van der Waals surface area contributed by atoms with Crippen molar-refractivity contribution in [1.82, 2.24) is 0 Å². The molecular formula is Cl3Ir2+3. The minimum absolute atomic E-state index is 0. The Morgan fingerprint density at radius 1 is 1.00 bits per heavy atom. The Hall–Kier alpha value is 2.17. The van der Waals surface area contributed by atoms with Crippen molar-refractivity contribution in [2.24, 2.45) is 0 Å². The van der Waals surface area contributed by atoms with Crippen LogP contribution in [-0.4, -0.2) is 0 Å². The smallest absolute Gasteiger partial charge is 3.00 e. The number of rotatable bonds is 0. The normalized spacial score (nSPS) is 9.00. The van der Waals surface area contributed by atoms with Gasteiger partial charge in [-0.1, -0.05) is 0 Å². The van der Waals surface area contributed by atoms with Crippen LogP contribution in [0.3, 0.4) is 0 Å². The zero-order valence-corrected chi connectivity index (χ0v) is 8.86. The SMILES string of the molecule is [Cl][Ir]([Cl])[Cl].[Ir+3]. The molecule has 0 nitrogen and oxygen atoms in total. The molecule has 0 aliphatic rings. The predicted octanol–water partition coefficient (Wildman–Crippen LogP) is 2.06. The van der Waals surface area contributed by atoms with Gasteiger partial charge < -0.3 is 0 Å². The summed E-state index contributed by atoms with van der Waals surface area (Å²) in [6.45, 7) is 0. The topological polar surface area (TPSA) is 0 Å². The molecule has 0 aliphatic heterocycles. The summed E-state index contributed by atoms with van der Waals surface area (Å²) in [5.74, 6) is 0. The molecule has 0 atom stereocenters. The fourth-order valence-electron chi connectivity index (χ4n) is 0. The maximum atomic E-state index is 4.97. The van der Waals surface area contributed by atoms with E-state index in [-0.39, 0.29) is 20.1 Å². The van der Waals surface area contributed by atoms with Crippen molar-refractivity contribution in [3.05, 3.63) is 0 Å². The van der Waals surface area contributed by atoms with Crippen molar-refractivity contribution in [3.8, 4) is 0 Å². The Morgan fingerprint density at radius 2 is 1.00 bits per heavy atom. The van der Waals surface area contributed by atoms with Crippen LogP contribution in [0.15, 0.2) is 0 Å². The quantitative estimate of drug-likeness (QED) is 0.488. The van der Waals surface area contributed by atoms with E-state index in [1.165, 1.54) is 0 Å². The Kier molecular flexibility index (Phi) is 12.6. The predicted molar refractivity (Wildman–Crippen MR) is 17.6 cm³/mol. The molecule has 5 heteroatoms. The van der Waals surface area contributed by atoms with Gasteiger partial charge in [0, 0.05) is 0 Å². The molecule has 0 saturated heterocycles. The molecule has 0 bridgehead atoms. The van der Waals surface area contributed by atoms with Crippen molar-refractivity contribution in [2.45, 2.75) is 0 Å². The molecule has 0 unspecified atom stereocenters. The first-order valence-electron chi connectivity index (χ1n) is 0.378. The third kappa shape index (κ3) is 22.8. The van der Waals surface area contributed by atoms with Crippen LogP contribution in [0.25, 0.3) is 0 Å². The van der Waals surface area contributed by atoms with Crippen LogP contribution in [-0.2, 0) is 33.6 Å². The van der Waals surface area contributed by atoms with Gasteiger partial charge in [0.15, 0.2) is 0 Å². The van der Waals surface area contributed by atoms with Crippen LogP contribution in [0.5, 0.6) is 0 Å². The van der Waals surface area contributed by atoms with Gasteiger partial charge in [-0.25, -0.2) is 0 Å². The molecule has 0 rings (SSSR count). The van der Waals surface area contributed by atoms with Gasteiger partial charge in [0.1, 0.15) is 0 Å². The molecule has 0 N–H and O–H groups in total. The van der Waals surface area contributed by atoms with Gasteiger partial charge in [-0.15, -0.1) is 0 Å². The Morgan fingerprint density at radius 3 is 1.00 bits per heavy atom. The second-order valence-corrected chi connectivity index (χ2v) is 10.5. The molecule has 0 aromatic carbocycles. The molecule has 36 valence electrons. The minimum Gasteiger partial charge on any atom is 3.00 e. The fourth-order valence-corrected chi connectivity index (χ4v) is 0. The largest absolute Gasteiger partial charge is 3.00 e. The van der Waals surface area contributed by atoms with E-state index < -0.39 is 13.5 Å². The zero-order chi connectivity index (χ0) is 3.58. The van der Waals surface area contributed by atoms with Gasteiger partial charge in [0.05, 0.1) is 0 Å². The maximum absolute atomic E-state index is 4.97. The maximum Gasteiger partial charge on any atom is 3.00 e. The summed E-state index contributed by atoms with van der Waals surface area (Å²) in [6.07, 6.45) is 0. The van der Waals surface area contributed by atoms with Crippen LogP contribution in [0.2, 0.25) is 0 Å². The summed E-state index contributed by atoms with van der Waals surface area (Å²) in [6, 6.07) is 0. The summed E-state index contributed by atoms with van der Waals surface area (Å²) in [4.78, 5) is 0. The average molecular weight is 491 g/mol. The summed E-state index contributed by atoms with van der Waals surface area (Å²) >= 11 is -1.92. The number of hydrogen-bond donors (Lipinski definition) is 0. The first kappa shape index (κ1) is 10.2. The molecule has 5 heavy (non-hydrogen) atoms. The van der Waals surface area contributed by atoms with E-state index >= 15 is 0 Å². The van der Waals surface area contributed by atoms with E-state index in [0.717, 1.165) is 0 Å². The summed E-state index contributed by atoms with van der Waals surface area (Å²) in [5, 5.41) is 0. The van der Waals surface area contributed by atoms with Gasteiger partial charge in [0.25, 0.3) is 0 Å². The monoisotopic (exact) mass is 491 g/mol. The molecule has 0 heterocycles. The molecule has 0 aromatic rings. The van der Waals surface area contributed by atoms with Gasteiger partial charge >= 0.3 is 62.3 Å². The second kappa shape index (κ2) is 6.17. The van der Waals surface area contributed by atoms with Gasteiger partial charge in [-0.2, -0.15) is 0 Å². The first-order chi connectivity index (χ1) is 1.73. The molecule has 0 radical (unpaired) electrons. The van der Waals surface area contributed by atoms with Crippen molar-refractivity contribution in [1.29, 1.82) is 0 Å². The minimum atomic E-state index is -1.92. The Balaban J connectivity index is 0. The second-order valence-electron chi connectivity index (χ2n) is 0.143. The zero-order valence-electron chi connectivity index (χ0n) is 1.80. The van der Waals surface area contributed by atoms with E-state index in [4.69, 9.17) is 28.8 Å². The van der Waals surface area contributed by atoms with E-state index in [0.29, 0.717) is 0 Å². The van der Waals surface area contributed by atoms with Crippen molar-refractivity contribution in [3.63, 3.8) is 0 Å². The first-order valence-corrected chi connectivity index (χ1v) is 9.28. The van der Waals surface area contributed by atoms with Crippen LogP contribution < -0.4 is 0 Å². The molecular weight excluding hydrogens is 491 g/mol. The van der Waals surface area contributed by atoms with E-state index in [2.05, 4.69) is 0 Å². The summed E-state index contributed by atoms with van der Waals surface area (Å²) in [5.41, 5.74) is 0. The van der Waals surface area contributed by atoms with Crippen molar-refractivity contribution >= 4 is 28.8 Å². The molecule has 0 saturated carbocycles. The van der Waals surface area contributed by atoms with Crippen molar-refractivity contribution in [2.75, 3.05) is 0 Å². The number of halogens is 3. The van der Waals surface area contributed by atoms with Gasteiger partial charge in [-0.05, 0) is 0 Å². The summed E-state index contributed by atoms with van der Waals surface area (Å²) in [7, 11) is 14.9. The third-order valence-electron chi connectivity index (χ3n) is 0. The van der Waals surface area contributed by atoms with Crippen molar-refractivity contribution < 1.29 is 33.6 Å². The molecule has 0 aliphatic carbocycles. The fraction of sp³-hybridized carbons (Fsp3) is 0. The molecule has 0 spiro atoms. The van der Waals surface area contributed by atoms with E-state index in [1.807, 2.05) is 0 Å². The van der Waals surface area contributed by atoms with Gasteiger partial charge in [-0.3, -0.25) is 0 Å². The van der Waals surface area contributed by atoms with Crippen LogP contribution in [0.1, 0.15) is 0 Å². The van der Waals surface area contributed by atoms with Crippen LogP contribution >= 0.6 is 28.8 Å². The van der Waals surface area contributed by atoms with E-state index in [1.54, 1.807) is 0 Å². The number of hydrogen-bond acceptors (Lipinski definition) is 0. The van der Waals surface area contributed by atoms with Crippen LogP contribution in [0, 0.1) is 0 Å². The summed E-state index contributed by atoms with van der Waals surface area (Å²) < 4.78 is 0. The Labute approximate surface area is 61.7 Å². The van der Waals surface area contributed by atoms with Gasteiger partial charge in [0.2, 0.25) is 0 Å². The van der Waals surface area contributed by atoms with E-state index in [9.17, 15) is 0 Å². The Bertz CT molecular complexity index is 9.61. The van der Waals surface area contributed by atoms with Crippen LogP contribution in [0.4, 0.5) is 0 Å². The molecule has 0 aromatic heterocycles. The third-order valence-corrected chi connectivity index (χ3v) is 0.